The van der Waals surface area contributed by atoms with Crippen molar-refractivity contribution in [2.45, 2.75) is 46.7 Å². The van der Waals surface area contributed by atoms with E-state index in [1.54, 1.807) is 13.0 Å². The van der Waals surface area contributed by atoms with Crippen LogP contribution in [-0.4, -0.2) is 30.7 Å². The van der Waals surface area contributed by atoms with Crippen LogP contribution in [0.2, 0.25) is 0 Å². The van der Waals surface area contributed by atoms with Crippen molar-refractivity contribution in [2.75, 3.05) is 13.7 Å². The van der Waals surface area contributed by atoms with Gasteiger partial charge in [0.25, 0.3) is 0 Å². The third-order valence-electron chi connectivity index (χ3n) is 3.71. The van der Waals surface area contributed by atoms with E-state index in [2.05, 4.69) is 34.6 Å². The molecule has 0 fully saturated rings. The minimum Gasteiger partial charge on any atom is -0.465 e. The number of aliphatic imine (C=N–C) groups is 1. The molecule has 0 bridgehead atoms. The predicted octanol–water partition coefficient (Wildman–Crippen LogP) is 2.74. The molecule has 2 heterocycles. The molecule has 2 rings (SSSR count). The van der Waals surface area contributed by atoms with Gasteiger partial charge in [-0.1, -0.05) is 19.0 Å². The second-order valence-corrected chi connectivity index (χ2v) is 6.10. The number of carbonyl (C=O) groups excluding carboxylic acids is 1. The molecule has 0 aliphatic rings. The molecule has 0 spiro atoms. The zero-order chi connectivity index (χ0) is 19.1. The van der Waals surface area contributed by atoms with Crippen LogP contribution in [0.15, 0.2) is 26.1 Å². The van der Waals surface area contributed by atoms with Crippen LogP contribution >= 0.6 is 0 Å². The molecule has 0 unspecified atom stereocenters. The predicted molar refractivity (Wildman–Crippen MR) is 97.0 cm³/mol. The number of esters is 1. The molecule has 2 aromatic heterocycles. The molecule has 0 saturated heterocycles. The number of nitrogens with zero attached hydrogens (tertiary/aromatic N) is 2. The number of carbonyl (C=O) groups is 1. The summed E-state index contributed by atoms with van der Waals surface area (Å²) in [7, 11) is 1.34. The highest BCUT2D eigenvalue weighted by Crippen LogP contribution is 2.16. The summed E-state index contributed by atoms with van der Waals surface area (Å²) < 4.78 is 15.6. The molecule has 8 nitrogen and oxygen atoms in total. The number of nitrogens with one attached hydrogen (secondary N) is 2. The third kappa shape index (κ3) is 5.11. The average Bonchev–Trinajstić information content (AvgIpc) is 3.23. The van der Waals surface area contributed by atoms with Crippen LogP contribution in [0, 0.1) is 6.92 Å². The summed E-state index contributed by atoms with van der Waals surface area (Å²) in [5, 5.41) is 10.3. The fraction of sp³-hybridized carbons (Fsp3) is 0.500. The highest BCUT2D eigenvalue weighted by molar-refractivity contribution is 5.90. The zero-order valence-corrected chi connectivity index (χ0v) is 15.9. The number of aromatic nitrogens is 1. The number of hydrogen-bond acceptors (Lipinski definition) is 6. The van der Waals surface area contributed by atoms with E-state index in [-0.39, 0.29) is 0 Å². The summed E-state index contributed by atoms with van der Waals surface area (Å²) in [5.41, 5.74) is 1.34. The molecule has 0 aliphatic carbocycles. The Morgan fingerprint density at radius 1 is 1.31 bits per heavy atom. The summed E-state index contributed by atoms with van der Waals surface area (Å²) in [6.07, 6.45) is 0. The normalized spacial score (nSPS) is 11.7. The summed E-state index contributed by atoms with van der Waals surface area (Å²) in [6, 6.07) is 3.58. The molecule has 0 aliphatic heterocycles. The number of ether oxygens (including phenoxy) is 1. The minimum atomic E-state index is -0.413. The molecule has 2 aromatic rings. The number of methoxy groups -OCH3 is 1. The van der Waals surface area contributed by atoms with Crippen LogP contribution in [0.3, 0.4) is 0 Å². The molecular weight excluding hydrogens is 336 g/mol. The molecule has 8 heteroatoms. The van der Waals surface area contributed by atoms with Gasteiger partial charge >= 0.3 is 5.97 Å². The Morgan fingerprint density at radius 3 is 2.69 bits per heavy atom. The van der Waals surface area contributed by atoms with Gasteiger partial charge in [-0.15, -0.1) is 0 Å². The monoisotopic (exact) mass is 362 g/mol. The molecule has 0 aromatic carbocycles. The Balaban J connectivity index is 2.00. The van der Waals surface area contributed by atoms with Crippen molar-refractivity contribution in [3.8, 4) is 0 Å². The van der Waals surface area contributed by atoms with Gasteiger partial charge in [0.05, 0.1) is 19.3 Å². The van der Waals surface area contributed by atoms with Crippen molar-refractivity contribution in [3.05, 3.63) is 40.7 Å². The number of aryl methyl sites for hydroxylation is 1. The summed E-state index contributed by atoms with van der Waals surface area (Å²) in [6.45, 7) is 9.30. The van der Waals surface area contributed by atoms with Crippen molar-refractivity contribution in [1.82, 2.24) is 15.8 Å². The van der Waals surface area contributed by atoms with Crippen LogP contribution in [0.4, 0.5) is 0 Å². The average molecular weight is 362 g/mol. The minimum absolute atomic E-state index is 0.314. The van der Waals surface area contributed by atoms with E-state index in [9.17, 15) is 4.79 Å². The molecular formula is C18H26N4O4. The molecule has 142 valence electrons. The molecule has 0 atom stereocenters. The molecule has 0 saturated carbocycles. The van der Waals surface area contributed by atoms with E-state index in [4.69, 9.17) is 13.7 Å². The lowest BCUT2D eigenvalue weighted by Gasteiger charge is -2.09. The van der Waals surface area contributed by atoms with Crippen LogP contribution in [0.1, 0.15) is 60.0 Å². The van der Waals surface area contributed by atoms with Gasteiger partial charge in [0.2, 0.25) is 0 Å². The largest absolute Gasteiger partial charge is 0.465 e. The van der Waals surface area contributed by atoms with E-state index in [1.165, 1.54) is 7.11 Å². The maximum atomic E-state index is 11.6. The fourth-order valence-electron chi connectivity index (χ4n) is 2.29. The Morgan fingerprint density at radius 2 is 2.08 bits per heavy atom. The number of furan rings is 1. The van der Waals surface area contributed by atoms with Gasteiger partial charge in [0.15, 0.2) is 11.7 Å². The number of hydrogen-bond donors (Lipinski definition) is 2. The Kier molecular flexibility index (Phi) is 6.82. The second kappa shape index (κ2) is 9.07. The third-order valence-corrected chi connectivity index (χ3v) is 3.71. The first-order valence-corrected chi connectivity index (χ1v) is 8.59. The quantitative estimate of drug-likeness (QED) is 0.443. The fourth-order valence-corrected chi connectivity index (χ4v) is 2.29. The van der Waals surface area contributed by atoms with E-state index in [0.29, 0.717) is 54.4 Å². The van der Waals surface area contributed by atoms with Crippen LogP contribution in [0.5, 0.6) is 0 Å². The Labute approximate surface area is 153 Å². The van der Waals surface area contributed by atoms with Gasteiger partial charge in [0.1, 0.15) is 23.6 Å². The van der Waals surface area contributed by atoms with Gasteiger partial charge in [-0.05, 0) is 25.8 Å². The first-order valence-electron chi connectivity index (χ1n) is 8.59. The van der Waals surface area contributed by atoms with E-state index < -0.39 is 5.97 Å². The SMILES string of the molecule is CCNC(=NCc1cc(C(C)C)no1)NCc1cc(C(=O)OC)c(C)o1. The van der Waals surface area contributed by atoms with Crippen LogP contribution < -0.4 is 10.6 Å². The summed E-state index contributed by atoms with van der Waals surface area (Å²) >= 11 is 0. The first kappa shape index (κ1) is 19.6. The van der Waals surface area contributed by atoms with Gasteiger partial charge < -0.3 is 24.3 Å². The lowest BCUT2D eigenvalue weighted by Crippen LogP contribution is -2.36. The van der Waals surface area contributed by atoms with Crippen molar-refractivity contribution in [3.63, 3.8) is 0 Å². The standard InChI is InChI=1S/C18H26N4O4/c1-6-19-18(21-10-14-8-16(11(2)3)22-26-14)20-9-13-7-15(12(4)25-13)17(23)24-5/h7-8,11H,6,9-10H2,1-5H3,(H2,19,20,21). The van der Waals surface area contributed by atoms with Crippen LogP contribution in [-0.2, 0) is 17.8 Å². The summed E-state index contributed by atoms with van der Waals surface area (Å²) in [5.74, 6) is 2.36. The zero-order valence-electron chi connectivity index (χ0n) is 15.9. The van der Waals surface area contributed by atoms with Crippen molar-refractivity contribution in [1.29, 1.82) is 0 Å². The van der Waals surface area contributed by atoms with Crippen molar-refractivity contribution in [2.24, 2.45) is 4.99 Å². The van der Waals surface area contributed by atoms with E-state index in [1.807, 2.05) is 13.0 Å². The molecule has 2 N–H and O–H groups in total. The highest BCUT2D eigenvalue weighted by Gasteiger charge is 2.15. The molecule has 26 heavy (non-hydrogen) atoms. The second-order valence-electron chi connectivity index (χ2n) is 6.10. The number of guanidine groups is 1. The van der Waals surface area contributed by atoms with Crippen molar-refractivity contribution < 1.29 is 18.5 Å². The van der Waals surface area contributed by atoms with Gasteiger partial charge in [0, 0.05) is 12.6 Å². The number of rotatable bonds is 7. The lowest BCUT2D eigenvalue weighted by atomic mass is 10.1. The maximum Gasteiger partial charge on any atom is 0.341 e. The van der Waals surface area contributed by atoms with Gasteiger partial charge in [-0.25, -0.2) is 9.79 Å². The lowest BCUT2D eigenvalue weighted by molar-refractivity contribution is 0.0599. The topological polar surface area (TPSA) is 102 Å². The molecule has 0 amide bonds. The van der Waals surface area contributed by atoms with Crippen molar-refractivity contribution >= 4 is 11.9 Å². The first-order chi connectivity index (χ1) is 12.4. The van der Waals surface area contributed by atoms with E-state index in [0.717, 1.165) is 5.69 Å². The molecule has 0 radical (unpaired) electrons. The van der Waals surface area contributed by atoms with Crippen LogP contribution in [0.25, 0.3) is 0 Å². The Hall–Kier alpha value is -2.77. The maximum absolute atomic E-state index is 11.6. The Bertz CT molecular complexity index is 761. The highest BCUT2D eigenvalue weighted by atomic mass is 16.5. The van der Waals surface area contributed by atoms with Gasteiger partial charge in [-0.3, -0.25) is 0 Å². The smallest absolute Gasteiger partial charge is 0.341 e. The summed E-state index contributed by atoms with van der Waals surface area (Å²) in [4.78, 5) is 16.1. The van der Waals surface area contributed by atoms with E-state index >= 15 is 0 Å². The van der Waals surface area contributed by atoms with Gasteiger partial charge in [-0.2, -0.15) is 0 Å².